The maximum absolute atomic E-state index is 11.8. The van der Waals surface area contributed by atoms with Gasteiger partial charge in [0.1, 0.15) is 10.6 Å². The number of anilines is 1. The summed E-state index contributed by atoms with van der Waals surface area (Å²) < 4.78 is 5.89. The number of methoxy groups -OCH3 is 1. The van der Waals surface area contributed by atoms with Gasteiger partial charge in [0.05, 0.1) is 7.11 Å². The molecule has 1 heterocycles. The number of hydrogen-bond acceptors (Lipinski definition) is 4. The fourth-order valence-corrected chi connectivity index (χ4v) is 3.93. The van der Waals surface area contributed by atoms with Gasteiger partial charge in [0.15, 0.2) is 0 Å². The van der Waals surface area contributed by atoms with Crippen molar-refractivity contribution < 1.29 is 9.53 Å². The van der Waals surface area contributed by atoms with Gasteiger partial charge in [-0.3, -0.25) is 0 Å². The lowest BCUT2D eigenvalue weighted by atomic mass is 10.0. The summed E-state index contributed by atoms with van der Waals surface area (Å²) in [6.45, 7) is 0. The first-order chi connectivity index (χ1) is 8.63. The molecule has 1 aromatic carbocycles. The molecule has 0 saturated carbocycles. The molecule has 0 bridgehead atoms. The molecule has 1 aliphatic rings. The van der Waals surface area contributed by atoms with Crippen LogP contribution in [0.2, 0.25) is 0 Å². The second-order valence-corrected chi connectivity index (χ2v) is 6.06. The number of hydrogen-bond donors (Lipinski definition) is 1. The Morgan fingerprint density at radius 2 is 2.28 bits per heavy atom. The number of benzene rings is 1. The highest BCUT2D eigenvalue weighted by atomic mass is 79.9. The lowest BCUT2D eigenvalue weighted by Crippen LogP contribution is -2.04. The fraction of sp³-hybridized carbons (Fsp3) is 0.154. The first kappa shape index (κ1) is 11.7. The van der Waals surface area contributed by atoms with E-state index in [0.29, 0.717) is 10.6 Å². The smallest absolute Gasteiger partial charge is 0.341 e. The standard InChI is InChI=1S/C13H10BrNO2S/c1-17-13(16)11-10-6-3-2-4-8(14)7(6)5-9(10)18-12(11)15/h2-4H,5,15H2,1H3. The van der Waals surface area contributed by atoms with E-state index >= 15 is 0 Å². The summed E-state index contributed by atoms with van der Waals surface area (Å²) in [7, 11) is 1.38. The van der Waals surface area contributed by atoms with Crippen LogP contribution >= 0.6 is 27.3 Å². The minimum atomic E-state index is -0.363. The molecule has 5 heteroatoms. The molecule has 0 spiro atoms. The quantitative estimate of drug-likeness (QED) is 0.698. The topological polar surface area (TPSA) is 52.3 Å². The minimum absolute atomic E-state index is 0.363. The summed E-state index contributed by atoms with van der Waals surface area (Å²) >= 11 is 5.01. The van der Waals surface area contributed by atoms with Crippen LogP contribution in [0, 0.1) is 0 Å². The molecule has 0 atom stereocenters. The van der Waals surface area contributed by atoms with Crippen LogP contribution in [0.5, 0.6) is 0 Å². The third-order valence-electron chi connectivity index (χ3n) is 3.12. The predicted molar refractivity (Wildman–Crippen MR) is 76.0 cm³/mol. The van der Waals surface area contributed by atoms with Crippen LogP contribution < -0.4 is 5.73 Å². The summed E-state index contributed by atoms with van der Waals surface area (Å²) in [6, 6.07) is 5.99. The monoisotopic (exact) mass is 323 g/mol. The largest absolute Gasteiger partial charge is 0.465 e. The van der Waals surface area contributed by atoms with Gasteiger partial charge in [0.25, 0.3) is 0 Å². The highest BCUT2D eigenvalue weighted by Crippen LogP contribution is 2.48. The summed E-state index contributed by atoms with van der Waals surface area (Å²) in [5, 5.41) is 0.539. The summed E-state index contributed by atoms with van der Waals surface area (Å²) in [5.74, 6) is -0.363. The third-order valence-corrected chi connectivity index (χ3v) is 4.89. The Hall–Kier alpha value is -1.33. The van der Waals surface area contributed by atoms with E-state index in [-0.39, 0.29) is 5.97 Å². The van der Waals surface area contributed by atoms with E-state index < -0.39 is 0 Å². The Labute approximate surface area is 117 Å². The van der Waals surface area contributed by atoms with E-state index in [4.69, 9.17) is 10.5 Å². The lowest BCUT2D eigenvalue weighted by molar-refractivity contribution is 0.0603. The molecule has 92 valence electrons. The number of halogens is 1. The number of ether oxygens (including phenoxy) is 1. The van der Waals surface area contributed by atoms with E-state index in [1.54, 1.807) is 0 Å². The maximum atomic E-state index is 11.8. The number of esters is 1. The van der Waals surface area contributed by atoms with Crippen molar-refractivity contribution in [1.29, 1.82) is 0 Å². The average Bonchev–Trinajstić information content (AvgIpc) is 2.84. The number of thiophene rings is 1. The summed E-state index contributed by atoms with van der Waals surface area (Å²) in [4.78, 5) is 13.0. The molecular formula is C13H10BrNO2S. The number of nitrogen functional groups attached to an aromatic ring is 1. The predicted octanol–water partition coefficient (Wildman–Crippen LogP) is 3.45. The molecule has 0 fully saturated rings. The SMILES string of the molecule is COC(=O)c1c(N)sc2c1-c1cccc(Br)c1C2. The molecule has 0 aliphatic heterocycles. The van der Waals surface area contributed by atoms with E-state index in [9.17, 15) is 4.79 Å². The zero-order chi connectivity index (χ0) is 12.9. The molecule has 3 rings (SSSR count). The average molecular weight is 324 g/mol. The van der Waals surface area contributed by atoms with Gasteiger partial charge in [-0.25, -0.2) is 4.79 Å². The van der Waals surface area contributed by atoms with Crippen molar-refractivity contribution in [2.75, 3.05) is 12.8 Å². The van der Waals surface area contributed by atoms with E-state index in [2.05, 4.69) is 15.9 Å². The second kappa shape index (κ2) is 4.10. The Balaban J connectivity index is 2.28. The summed E-state index contributed by atoms with van der Waals surface area (Å²) in [5.41, 5.74) is 9.67. The minimum Gasteiger partial charge on any atom is -0.465 e. The van der Waals surface area contributed by atoms with Gasteiger partial charge in [0, 0.05) is 21.3 Å². The van der Waals surface area contributed by atoms with Crippen LogP contribution in [0.1, 0.15) is 20.8 Å². The first-order valence-electron chi connectivity index (χ1n) is 5.40. The molecule has 18 heavy (non-hydrogen) atoms. The number of carbonyl (C=O) groups excluding carboxylic acids is 1. The van der Waals surface area contributed by atoms with Crippen molar-refractivity contribution in [3.63, 3.8) is 0 Å². The first-order valence-corrected chi connectivity index (χ1v) is 7.01. The molecule has 1 aliphatic carbocycles. The number of nitrogens with two attached hydrogens (primary N) is 1. The highest BCUT2D eigenvalue weighted by molar-refractivity contribution is 9.10. The zero-order valence-electron chi connectivity index (χ0n) is 9.62. The van der Waals surface area contributed by atoms with Crippen LogP contribution in [0.15, 0.2) is 22.7 Å². The van der Waals surface area contributed by atoms with Gasteiger partial charge in [-0.05, 0) is 17.2 Å². The van der Waals surface area contributed by atoms with Gasteiger partial charge in [-0.15, -0.1) is 11.3 Å². The highest BCUT2D eigenvalue weighted by Gasteiger charge is 2.30. The van der Waals surface area contributed by atoms with Crippen LogP contribution in [0.3, 0.4) is 0 Å². The van der Waals surface area contributed by atoms with Gasteiger partial charge in [0.2, 0.25) is 0 Å². The lowest BCUT2D eigenvalue weighted by Gasteiger charge is -2.05. The molecule has 2 N–H and O–H groups in total. The number of carbonyl (C=O) groups is 1. The fourth-order valence-electron chi connectivity index (χ4n) is 2.34. The Morgan fingerprint density at radius 3 is 3.00 bits per heavy atom. The Bertz CT molecular complexity index is 663. The van der Waals surface area contributed by atoms with Crippen molar-refractivity contribution in [1.82, 2.24) is 0 Å². The maximum Gasteiger partial charge on any atom is 0.341 e. The van der Waals surface area contributed by atoms with E-state index in [1.165, 1.54) is 24.0 Å². The molecule has 0 saturated heterocycles. The molecule has 2 aromatic rings. The zero-order valence-corrected chi connectivity index (χ0v) is 12.0. The van der Waals surface area contributed by atoms with Crippen molar-refractivity contribution in [2.24, 2.45) is 0 Å². The van der Waals surface area contributed by atoms with Gasteiger partial charge >= 0.3 is 5.97 Å². The molecule has 0 amide bonds. The normalized spacial score (nSPS) is 12.1. The molecule has 1 aromatic heterocycles. The van der Waals surface area contributed by atoms with Crippen molar-refractivity contribution in [2.45, 2.75) is 6.42 Å². The molecule has 0 radical (unpaired) electrons. The van der Waals surface area contributed by atoms with E-state index in [0.717, 1.165) is 26.9 Å². The van der Waals surface area contributed by atoms with Crippen LogP contribution in [-0.4, -0.2) is 13.1 Å². The van der Waals surface area contributed by atoms with Crippen molar-refractivity contribution in [3.8, 4) is 11.1 Å². The van der Waals surface area contributed by atoms with Crippen LogP contribution in [-0.2, 0) is 11.2 Å². The Kier molecular flexibility index (Phi) is 2.68. The van der Waals surface area contributed by atoms with Gasteiger partial charge in [-0.1, -0.05) is 28.1 Å². The van der Waals surface area contributed by atoms with Gasteiger partial charge in [-0.2, -0.15) is 0 Å². The van der Waals surface area contributed by atoms with Crippen LogP contribution in [0.4, 0.5) is 5.00 Å². The second-order valence-electron chi connectivity index (χ2n) is 4.07. The molecule has 3 nitrogen and oxygen atoms in total. The van der Waals surface area contributed by atoms with Gasteiger partial charge < -0.3 is 10.5 Å². The number of rotatable bonds is 1. The van der Waals surface area contributed by atoms with E-state index in [1.807, 2.05) is 18.2 Å². The van der Waals surface area contributed by atoms with Crippen molar-refractivity contribution >= 4 is 38.2 Å². The summed E-state index contributed by atoms with van der Waals surface area (Å²) in [6.07, 6.45) is 0.817. The Morgan fingerprint density at radius 1 is 1.50 bits per heavy atom. The van der Waals surface area contributed by atoms with Crippen LogP contribution in [0.25, 0.3) is 11.1 Å². The third kappa shape index (κ3) is 1.51. The number of fused-ring (bicyclic) bond motifs is 3. The van der Waals surface area contributed by atoms with Crippen molar-refractivity contribution in [3.05, 3.63) is 38.7 Å². The molecular weight excluding hydrogens is 314 g/mol. The molecule has 0 unspecified atom stereocenters.